The SMILES string of the molecule is Cl.N#CC[C@@H](N)c1cc(C(F)(F)F)cc(C(F)(F)F)c1. The third-order valence-electron chi connectivity index (χ3n) is 2.35. The summed E-state index contributed by atoms with van der Waals surface area (Å²) in [6.07, 6.45) is -10.2. The van der Waals surface area contributed by atoms with E-state index in [2.05, 4.69) is 0 Å². The molecule has 2 nitrogen and oxygen atoms in total. The van der Waals surface area contributed by atoms with Gasteiger partial charge in [0.25, 0.3) is 0 Å². The van der Waals surface area contributed by atoms with E-state index in [9.17, 15) is 26.3 Å². The molecule has 0 saturated carbocycles. The Morgan fingerprint density at radius 1 is 1.00 bits per heavy atom. The number of nitrogens with two attached hydrogens (primary N) is 1. The molecular formula is C11H9ClF6N2. The van der Waals surface area contributed by atoms with Crippen LogP contribution in [0.5, 0.6) is 0 Å². The summed E-state index contributed by atoms with van der Waals surface area (Å²) in [6.45, 7) is 0. The molecule has 0 aliphatic carbocycles. The summed E-state index contributed by atoms with van der Waals surface area (Å²) < 4.78 is 75.1. The van der Waals surface area contributed by atoms with Crippen molar-refractivity contribution in [2.24, 2.45) is 5.73 Å². The maximum absolute atomic E-state index is 12.5. The highest BCUT2D eigenvalue weighted by atomic mass is 35.5. The Balaban J connectivity index is 0.00000361. The fourth-order valence-corrected chi connectivity index (χ4v) is 1.41. The van der Waals surface area contributed by atoms with Gasteiger partial charge in [-0.25, -0.2) is 0 Å². The van der Waals surface area contributed by atoms with Gasteiger partial charge in [0.1, 0.15) is 0 Å². The number of rotatable bonds is 2. The zero-order valence-electron chi connectivity index (χ0n) is 9.72. The number of hydrogen-bond donors (Lipinski definition) is 1. The molecule has 0 aliphatic heterocycles. The van der Waals surface area contributed by atoms with E-state index in [0.717, 1.165) is 0 Å². The molecule has 0 unspecified atom stereocenters. The zero-order chi connectivity index (χ0) is 14.8. The Morgan fingerprint density at radius 3 is 1.70 bits per heavy atom. The molecule has 9 heteroatoms. The van der Waals surface area contributed by atoms with Gasteiger partial charge in [0.2, 0.25) is 0 Å². The van der Waals surface area contributed by atoms with Crippen molar-refractivity contribution in [1.82, 2.24) is 0 Å². The minimum absolute atomic E-state index is 0. The van der Waals surface area contributed by atoms with Gasteiger partial charge >= 0.3 is 12.4 Å². The third kappa shape index (κ3) is 4.58. The second-order valence-corrected chi connectivity index (χ2v) is 3.81. The lowest BCUT2D eigenvalue weighted by Gasteiger charge is -2.16. The average molecular weight is 319 g/mol. The molecule has 0 saturated heterocycles. The lowest BCUT2D eigenvalue weighted by atomic mass is 9.98. The van der Waals surface area contributed by atoms with E-state index < -0.39 is 29.5 Å². The summed E-state index contributed by atoms with van der Waals surface area (Å²) in [5.41, 5.74) is 2.12. The van der Waals surface area contributed by atoms with Crippen LogP contribution in [0.15, 0.2) is 18.2 Å². The van der Waals surface area contributed by atoms with Crippen LogP contribution in [-0.4, -0.2) is 0 Å². The van der Waals surface area contributed by atoms with Gasteiger partial charge in [0.05, 0.1) is 23.6 Å². The van der Waals surface area contributed by atoms with Gasteiger partial charge in [-0.2, -0.15) is 31.6 Å². The van der Waals surface area contributed by atoms with E-state index in [1.807, 2.05) is 0 Å². The van der Waals surface area contributed by atoms with E-state index >= 15 is 0 Å². The van der Waals surface area contributed by atoms with Crippen LogP contribution >= 0.6 is 12.4 Å². The number of hydrogen-bond acceptors (Lipinski definition) is 2. The molecule has 20 heavy (non-hydrogen) atoms. The summed E-state index contributed by atoms with van der Waals surface area (Å²) in [4.78, 5) is 0. The van der Waals surface area contributed by atoms with Crippen LogP contribution < -0.4 is 5.73 Å². The highest BCUT2D eigenvalue weighted by molar-refractivity contribution is 5.85. The maximum atomic E-state index is 12.5. The Kier molecular flexibility index (Phi) is 5.86. The predicted octanol–water partition coefficient (Wildman–Crippen LogP) is 4.06. The van der Waals surface area contributed by atoms with Crippen molar-refractivity contribution in [3.05, 3.63) is 34.9 Å². The molecule has 0 fully saturated rings. The summed E-state index contributed by atoms with van der Waals surface area (Å²) >= 11 is 0. The minimum Gasteiger partial charge on any atom is -0.323 e. The average Bonchev–Trinajstić information content (AvgIpc) is 2.26. The summed E-state index contributed by atoms with van der Waals surface area (Å²) in [7, 11) is 0. The van der Waals surface area contributed by atoms with Gasteiger partial charge in [-0.05, 0) is 23.8 Å². The Labute approximate surface area is 116 Å². The van der Waals surface area contributed by atoms with Gasteiger partial charge in [0, 0.05) is 6.04 Å². The molecule has 0 radical (unpaired) electrons. The largest absolute Gasteiger partial charge is 0.416 e. The highest BCUT2D eigenvalue weighted by Crippen LogP contribution is 2.37. The molecule has 0 heterocycles. The zero-order valence-corrected chi connectivity index (χ0v) is 10.5. The van der Waals surface area contributed by atoms with E-state index in [4.69, 9.17) is 11.0 Å². The Hall–Kier alpha value is -1.46. The van der Waals surface area contributed by atoms with Gasteiger partial charge in [-0.1, -0.05) is 0 Å². The molecule has 0 aromatic heterocycles. The first-order chi connectivity index (χ1) is 8.55. The third-order valence-corrected chi connectivity index (χ3v) is 2.35. The van der Waals surface area contributed by atoms with Crippen molar-refractivity contribution < 1.29 is 26.3 Å². The standard InChI is InChI=1S/C11H8F6N2.ClH/c12-10(13,14)7-3-6(9(19)1-2-18)4-8(5-7)11(15,16)17;/h3-5,9H,1,19H2;1H/t9-;/m1./s1. The minimum atomic E-state index is -4.91. The molecule has 0 aliphatic rings. The van der Waals surface area contributed by atoms with E-state index in [0.29, 0.717) is 12.1 Å². The first kappa shape index (κ1) is 18.5. The number of alkyl halides is 6. The second kappa shape index (κ2) is 6.33. The highest BCUT2D eigenvalue weighted by Gasteiger charge is 2.37. The van der Waals surface area contributed by atoms with E-state index in [1.54, 1.807) is 6.07 Å². The fraction of sp³-hybridized carbons (Fsp3) is 0.364. The first-order valence-electron chi connectivity index (χ1n) is 4.97. The number of benzene rings is 1. The van der Waals surface area contributed by atoms with Crippen LogP contribution in [0.3, 0.4) is 0 Å². The number of halogens is 7. The summed E-state index contributed by atoms with van der Waals surface area (Å²) in [5, 5.41) is 8.38. The molecule has 0 bridgehead atoms. The predicted molar refractivity (Wildman–Crippen MR) is 60.9 cm³/mol. The van der Waals surface area contributed by atoms with Crippen LogP contribution in [-0.2, 0) is 12.4 Å². The van der Waals surface area contributed by atoms with Crippen LogP contribution in [0, 0.1) is 11.3 Å². The number of nitriles is 1. The lowest BCUT2D eigenvalue weighted by molar-refractivity contribution is -0.143. The summed E-state index contributed by atoms with van der Waals surface area (Å²) in [5.74, 6) is 0. The van der Waals surface area contributed by atoms with Crippen LogP contribution in [0.1, 0.15) is 29.2 Å². The maximum Gasteiger partial charge on any atom is 0.416 e. The molecule has 1 aromatic rings. The molecule has 1 aromatic carbocycles. The normalized spacial score (nSPS) is 13.3. The van der Waals surface area contributed by atoms with Gasteiger partial charge in [-0.15, -0.1) is 12.4 Å². The van der Waals surface area contributed by atoms with E-state index in [-0.39, 0.29) is 30.5 Å². The van der Waals surface area contributed by atoms with Crippen LogP contribution in [0.25, 0.3) is 0 Å². The van der Waals surface area contributed by atoms with E-state index in [1.165, 1.54) is 0 Å². The van der Waals surface area contributed by atoms with Crippen molar-refractivity contribution in [2.45, 2.75) is 24.8 Å². The molecule has 0 spiro atoms. The first-order valence-corrected chi connectivity index (χ1v) is 4.97. The molecule has 0 amide bonds. The quantitative estimate of drug-likeness (QED) is 0.836. The van der Waals surface area contributed by atoms with Crippen molar-refractivity contribution >= 4 is 12.4 Å². The van der Waals surface area contributed by atoms with Gasteiger partial charge < -0.3 is 5.73 Å². The second-order valence-electron chi connectivity index (χ2n) is 3.81. The molecule has 1 rings (SSSR count). The van der Waals surface area contributed by atoms with Crippen molar-refractivity contribution in [3.8, 4) is 6.07 Å². The van der Waals surface area contributed by atoms with Gasteiger partial charge in [0.15, 0.2) is 0 Å². The van der Waals surface area contributed by atoms with Crippen molar-refractivity contribution in [3.63, 3.8) is 0 Å². The van der Waals surface area contributed by atoms with Crippen molar-refractivity contribution in [2.75, 3.05) is 0 Å². The molecule has 2 N–H and O–H groups in total. The molecular weight excluding hydrogens is 310 g/mol. The number of nitrogens with zero attached hydrogens (tertiary/aromatic N) is 1. The Morgan fingerprint density at radius 2 is 1.40 bits per heavy atom. The topological polar surface area (TPSA) is 49.8 Å². The summed E-state index contributed by atoms with van der Waals surface area (Å²) in [6, 6.07) is 1.46. The fourth-order valence-electron chi connectivity index (χ4n) is 1.41. The van der Waals surface area contributed by atoms with Gasteiger partial charge in [-0.3, -0.25) is 0 Å². The lowest BCUT2D eigenvalue weighted by Crippen LogP contribution is -2.16. The molecule has 112 valence electrons. The monoisotopic (exact) mass is 318 g/mol. The van der Waals surface area contributed by atoms with Crippen molar-refractivity contribution in [1.29, 1.82) is 5.26 Å². The van der Waals surface area contributed by atoms with Crippen LogP contribution in [0.2, 0.25) is 0 Å². The smallest absolute Gasteiger partial charge is 0.323 e. The molecule has 1 atom stereocenters. The van der Waals surface area contributed by atoms with Crippen LogP contribution in [0.4, 0.5) is 26.3 Å². The Bertz CT molecular complexity index is 471.